The molecule has 114 heavy (non-hydrogen) atoms. The number of carbonyl (C=O) groups excluding carboxylic acids is 13. The Morgan fingerprint density at radius 2 is 1.21 bits per heavy atom. The first-order chi connectivity index (χ1) is 54.0. The van der Waals surface area contributed by atoms with E-state index in [-0.39, 0.29) is 139 Å². The number of aliphatic hydroxyl groups is 1. The van der Waals surface area contributed by atoms with Gasteiger partial charge in [-0.05, 0) is 139 Å². The molecule has 3 rings (SSSR count). The third kappa shape index (κ3) is 36.6. The highest BCUT2D eigenvalue weighted by Gasteiger charge is 2.41. The molecule has 1 aromatic heterocycles. The first kappa shape index (κ1) is 99.2. The number of phenols is 1. The molecule has 38 nitrogen and oxygen atoms in total. The second-order valence-corrected chi connectivity index (χ2v) is 30.7. The molecule has 0 saturated carbocycles. The summed E-state index contributed by atoms with van der Waals surface area (Å²) in [5, 5.41) is 36.8. The van der Waals surface area contributed by atoms with Crippen LogP contribution in [0.5, 0.6) is 5.75 Å². The molecular weight excluding hydrogens is 1500 g/mol. The first-order valence-electron chi connectivity index (χ1n) is 39.0. The molecule has 0 radical (unpaired) electrons. The van der Waals surface area contributed by atoms with Gasteiger partial charge in [-0.25, -0.2) is 9.55 Å². The van der Waals surface area contributed by atoms with Gasteiger partial charge < -0.3 is 107 Å². The van der Waals surface area contributed by atoms with Crippen LogP contribution in [-0.4, -0.2) is 232 Å². The van der Waals surface area contributed by atoms with Gasteiger partial charge in [0.25, 0.3) is 0 Å². The number of unbranched alkanes of at least 4 members (excludes halogenated alkanes) is 2. The maximum absolute atomic E-state index is 14.8. The van der Waals surface area contributed by atoms with Crippen molar-refractivity contribution in [2.24, 2.45) is 91.5 Å². The molecule has 2 aromatic rings. The highest BCUT2D eigenvalue weighted by molar-refractivity contribution is 7.46. The number of ether oxygens (including phenoxy) is 1. The number of likely N-dealkylation sites (N-methyl/N-ethyl adjacent to an activating group) is 1. The van der Waals surface area contributed by atoms with Gasteiger partial charge in [0.05, 0.1) is 49.6 Å². The van der Waals surface area contributed by atoms with Crippen molar-refractivity contribution in [3.05, 3.63) is 48.0 Å². The van der Waals surface area contributed by atoms with Crippen LogP contribution < -0.4 is 72.0 Å². The van der Waals surface area contributed by atoms with Crippen molar-refractivity contribution in [2.45, 2.75) is 218 Å². The summed E-state index contributed by atoms with van der Waals surface area (Å²) in [6.45, 7) is 5.72. The Bertz CT molecular complexity index is 3540. The van der Waals surface area contributed by atoms with E-state index >= 15 is 0 Å². The Hall–Kier alpha value is -9.01. The van der Waals surface area contributed by atoms with Crippen molar-refractivity contribution >= 4 is 95.8 Å². The van der Waals surface area contributed by atoms with Gasteiger partial charge in [0, 0.05) is 121 Å². The van der Waals surface area contributed by atoms with Gasteiger partial charge in [0.2, 0.25) is 41.4 Å². The van der Waals surface area contributed by atoms with E-state index in [1.165, 1.54) is 55.8 Å². The standard InChI is InChI=1S/C75H125N18O20P/c1-7-45(4)67(92-71(106)54(78)16-13-30-86-75(81)82)65(101)37-49(34-51-40-84-43-87-51)61(97)35-47(26-32-112-6)62(98)39-53(44(2)3)70(105)90-57(33-46-20-22-52(95)23-21-46)64(100)38-50(41-94)69(104)89-55(17-8-10-27-76)63(99)36-48(15-12-29-85-74(79)80)68(103)91-58(42-113-114(109,110)111)60(96)24-25-66(102)88-56(18-9-11-28-77)73(108)93-31-14-19-59(93)72(107)83-5/h20-23,40,43-45,47-50,53-59,67,94-95H,7-19,24-39,41-42,76-78H2,1-6H3,(H,83,107)(H,84,87)(H,88,102)(H,89,104)(H,90,105)(H,91,103)(H,92,106)(H4,79,80,85)(H4,81,82,86)(H2,109,110,111)/t45-,47+,48+,49+,50-,53-,54+,55-,56-,57-,58-,59-,67-/m0/s1. The highest BCUT2D eigenvalue weighted by atomic mass is 31.2. The minimum atomic E-state index is -5.34. The van der Waals surface area contributed by atoms with Gasteiger partial charge in [-0.3, -0.25) is 76.8 Å². The number of aromatic amines is 1. The third-order valence-electron chi connectivity index (χ3n) is 20.2. The van der Waals surface area contributed by atoms with Gasteiger partial charge in [-0.2, -0.15) is 0 Å². The maximum atomic E-state index is 14.8. The molecule has 25 N–H and O–H groups in total. The molecule has 1 saturated heterocycles. The lowest BCUT2D eigenvalue weighted by Gasteiger charge is -2.28. The molecule has 1 fully saturated rings. The van der Waals surface area contributed by atoms with Crippen LogP contribution in [0.3, 0.4) is 0 Å². The van der Waals surface area contributed by atoms with Gasteiger partial charge in [0.15, 0.2) is 35.1 Å². The van der Waals surface area contributed by atoms with Crippen molar-refractivity contribution in [1.82, 2.24) is 46.8 Å². The Labute approximate surface area is 665 Å². The summed E-state index contributed by atoms with van der Waals surface area (Å²) in [5.74, 6) is -16.8. The zero-order chi connectivity index (χ0) is 85.2. The number of aliphatic imine (C=N–C) groups is 2. The number of phosphoric acid groups is 1. The summed E-state index contributed by atoms with van der Waals surface area (Å²) < 4.78 is 22.1. The molecule has 0 aliphatic carbocycles. The molecule has 1 aliphatic heterocycles. The van der Waals surface area contributed by atoms with Crippen LogP contribution in [0, 0.1) is 41.4 Å². The number of ketones is 6. The zero-order valence-corrected chi connectivity index (χ0v) is 67.5. The molecule has 39 heteroatoms. The van der Waals surface area contributed by atoms with Crippen LogP contribution in [0.25, 0.3) is 0 Å². The van der Waals surface area contributed by atoms with Crippen LogP contribution in [-0.2, 0) is 89.0 Å². The second-order valence-electron chi connectivity index (χ2n) is 29.4. The van der Waals surface area contributed by atoms with E-state index < -0.39 is 201 Å². The number of rotatable bonds is 60. The maximum Gasteiger partial charge on any atom is 0.469 e. The predicted molar refractivity (Wildman–Crippen MR) is 422 cm³/mol. The topological polar surface area (TPSA) is 649 Å². The van der Waals surface area contributed by atoms with Gasteiger partial charge in [-0.1, -0.05) is 46.2 Å². The van der Waals surface area contributed by atoms with Crippen LogP contribution >= 0.6 is 7.82 Å². The Kier molecular flexibility index (Phi) is 45.7. The van der Waals surface area contributed by atoms with Crippen molar-refractivity contribution in [3.8, 4) is 5.75 Å². The Morgan fingerprint density at radius 3 is 1.78 bits per heavy atom. The fourth-order valence-electron chi connectivity index (χ4n) is 13.2. The van der Waals surface area contributed by atoms with Crippen molar-refractivity contribution in [2.75, 3.05) is 66.7 Å². The number of nitrogens with two attached hydrogens (primary N) is 7. The van der Waals surface area contributed by atoms with E-state index in [4.69, 9.17) is 44.9 Å². The number of hydrogen-bond donors (Lipinski definition) is 18. The predicted octanol–water partition coefficient (Wildman–Crippen LogP) is -1.18. The molecule has 1 aromatic carbocycles. The number of aromatic hydroxyl groups is 1. The number of aromatic nitrogens is 2. The number of benzene rings is 1. The lowest BCUT2D eigenvalue weighted by Crippen LogP contribution is -2.53. The largest absolute Gasteiger partial charge is 0.508 e. The molecule has 2 heterocycles. The number of Topliss-reactive ketones (excluding diaryl/α,β-unsaturated/α-hetero) is 6. The van der Waals surface area contributed by atoms with Crippen LogP contribution in [0.2, 0.25) is 0 Å². The zero-order valence-electron chi connectivity index (χ0n) is 66.6. The summed E-state index contributed by atoms with van der Waals surface area (Å²) in [4.78, 5) is 220. The first-order valence-corrected chi connectivity index (χ1v) is 40.5. The van der Waals surface area contributed by atoms with Crippen LogP contribution in [0.15, 0.2) is 46.8 Å². The third-order valence-corrected chi connectivity index (χ3v) is 20.7. The van der Waals surface area contributed by atoms with Crippen LogP contribution in [0.4, 0.5) is 0 Å². The van der Waals surface area contributed by atoms with Crippen molar-refractivity contribution < 1.29 is 96.2 Å². The monoisotopic (exact) mass is 1630 g/mol. The number of aliphatic hydroxyl groups excluding tert-OH is 1. The molecule has 0 unspecified atom stereocenters. The number of guanidine groups is 2. The number of hydrogen-bond acceptors (Lipinski definition) is 24. The van der Waals surface area contributed by atoms with Gasteiger partial charge in [-0.15, -0.1) is 0 Å². The molecule has 640 valence electrons. The number of likely N-dealkylation sites (tertiary alicyclic amines) is 1. The Balaban J connectivity index is 1.94. The lowest BCUT2D eigenvalue weighted by molar-refractivity contribution is -0.141. The number of methoxy groups -OCH3 is 1. The number of H-pyrrole nitrogens is 1. The number of phenolic OH excluding ortho intramolecular Hbond substituents is 1. The molecule has 7 amide bonds. The average Bonchev–Trinajstić information content (AvgIpc) is 1.77. The van der Waals surface area contributed by atoms with Gasteiger partial charge >= 0.3 is 7.82 Å². The van der Waals surface area contributed by atoms with Crippen LogP contribution in [0.1, 0.15) is 174 Å². The minimum Gasteiger partial charge on any atom is -0.508 e. The normalized spacial score (nSPS) is 16.0. The molecular formula is C75H125N18O20P. The number of amides is 7. The summed E-state index contributed by atoms with van der Waals surface area (Å²) in [6, 6.07) is -3.04. The van der Waals surface area contributed by atoms with Crippen molar-refractivity contribution in [1.29, 1.82) is 0 Å². The van der Waals surface area contributed by atoms with E-state index in [1.54, 1.807) is 20.8 Å². The summed E-state index contributed by atoms with van der Waals surface area (Å²) in [6.07, 6.45) is 2.17. The fraction of sp³-hybridized carbons (Fsp3) is 0.680. The van der Waals surface area contributed by atoms with E-state index in [2.05, 4.69) is 56.4 Å². The summed E-state index contributed by atoms with van der Waals surface area (Å²) in [5.41, 5.74) is 40.7. The van der Waals surface area contributed by atoms with E-state index in [9.17, 15) is 86.9 Å². The average molecular weight is 1630 g/mol. The summed E-state index contributed by atoms with van der Waals surface area (Å²) in [7, 11) is -2.50. The van der Waals surface area contributed by atoms with Crippen molar-refractivity contribution in [3.63, 3.8) is 0 Å². The quantitative estimate of drug-likeness (QED) is 0.0160. The molecule has 0 bridgehead atoms. The number of nitrogens with one attached hydrogen (secondary N) is 7. The minimum absolute atomic E-state index is 0.00691. The SMILES string of the molecule is CC[C@H](C)[C@H](NC(=O)[C@H](N)CCCN=C(N)N)C(=O)C[C@@H](Cc1cnc[nH]1)C(=O)C[C@@H](CCOC)C(=O)C[C@H](C(=O)N[C@@H](Cc1ccc(O)cc1)C(=O)C[C@@H](CO)C(=O)N[C@@H](CCCCN)C(=O)C[C@@H](CCCN=C(N)N)C(=O)N[C@@H](COP(=O)(O)O)C(=O)CCC(=O)N[C@@H](CCCCN)C(=O)N1CCC[C@H]1C(=O)NC)C(C)C. The lowest BCUT2D eigenvalue weighted by atomic mass is 9.80. The summed E-state index contributed by atoms with van der Waals surface area (Å²) >= 11 is 0. The van der Waals surface area contributed by atoms with E-state index in [0.717, 1.165) is 0 Å². The highest BCUT2D eigenvalue weighted by Crippen LogP contribution is 2.36. The van der Waals surface area contributed by atoms with E-state index in [1.807, 2.05) is 6.92 Å². The molecule has 13 atom stereocenters. The molecule has 0 spiro atoms. The number of imidazole rings is 1. The fourth-order valence-corrected chi connectivity index (χ4v) is 13.6. The molecule has 1 aliphatic rings. The second kappa shape index (κ2) is 52.5. The number of nitrogens with zero attached hydrogens (tertiary/aromatic N) is 4. The van der Waals surface area contributed by atoms with E-state index in [0.29, 0.717) is 56.2 Å². The smallest absolute Gasteiger partial charge is 0.469 e. The number of phosphoric ester groups is 1. The number of carbonyl (C=O) groups is 13. The Morgan fingerprint density at radius 1 is 0.640 bits per heavy atom. The van der Waals surface area contributed by atoms with Gasteiger partial charge in [0.1, 0.15) is 35.4 Å².